The van der Waals surface area contributed by atoms with Crippen molar-refractivity contribution < 1.29 is 4.79 Å². The summed E-state index contributed by atoms with van der Waals surface area (Å²) in [6, 6.07) is 4.27. The highest BCUT2D eigenvalue weighted by Gasteiger charge is 2.33. The van der Waals surface area contributed by atoms with E-state index in [0.29, 0.717) is 18.3 Å². The van der Waals surface area contributed by atoms with Gasteiger partial charge in [-0.05, 0) is 24.0 Å². The van der Waals surface area contributed by atoms with Crippen LogP contribution in [0.25, 0.3) is 0 Å². The molecule has 0 spiro atoms. The zero-order valence-corrected chi connectivity index (χ0v) is 9.81. The number of amides is 1. The predicted molar refractivity (Wildman–Crippen MR) is 63.0 cm³/mol. The first-order valence-electron chi connectivity index (χ1n) is 5.86. The van der Waals surface area contributed by atoms with E-state index in [0.717, 1.165) is 6.42 Å². The standard InChI is InChI=1S/C13H18N2O/c1-9(2)6-12-11(7-13(16)15-12)10-4-3-5-14-8-10/h3-5,8-9,11-12H,6-7H2,1-2H3,(H,15,16). The summed E-state index contributed by atoms with van der Waals surface area (Å²) >= 11 is 0. The molecule has 3 nitrogen and oxygen atoms in total. The molecule has 2 rings (SSSR count). The molecule has 1 aromatic rings. The zero-order valence-electron chi connectivity index (χ0n) is 9.81. The molecule has 1 fully saturated rings. The van der Waals surface area contributed by atoms with Crippen molar-refractivity contribution in [3.05, 3.63) is 30.1 Å². The Kier molecular flexibility index (Phi) is 3.22. The molecule has 1 N–H and O–H groups in total. The molecule has 2 heterocycles. The molecular weight excluding hydrogens is 200 g/mol. The van der Waals surface area contributed by atoms with Gasteiger partial charge in [-0.3, -0.25) is 9.78 Å². The topological polar surface area (TPSA) is 42.0 Å². The molecular formula is C13H18N2O. The first-order chi connectivity index (χ1) is 7.66. The Balaban J connectivity index is 2.16. The highest BCUT2D eigenvalue weighted by atomic mass is 16.2. The summed E-state index contributed by atoms with van der Waals surface area (Å²) in [5.41, 5.74) is 1.17. The third-order valence-corrected chi connectivity index (χ3v) is 3.08. The molecule has 2 unspecified atom stereocenters. The quantitative estimate of drug-likeness (QED) is 0.844. The van der Waals surface area contributed by atoms with E-state index in [9.17, 15) is 4.79 Å². The molecule has 16 heavy (non-hydrogen) atoms. The van der Waals surface area contributed by atoms with Crippen molar-refractivity contribution >= 4 is 5.91 Å². The van der Waals surface area contributed by atoms with E-state index < -0.39 is 0 Å². The second-order valence-corrected chi connectivity index (χ2v) is 4.90. The van der Waals surface area contributed by atoms with Gasteiger partial charge in [0.2, 0.25) is 5.91 Å². The Labute approximate surface area is 96.3 Å². The number of pyridine rings is 1. The van der Waals surface area contributed by atoms with Gasteiger partial charge in [-0.25, -0.2) is 0 Å². The maximum Gasteiger partial charge on any atom is 0.220 e. The molecule has 0 bridgehead atoms. The van der Waals surface area contributed by atoms with Gasteiger partial charge >= 0.3 is 0 Å². The molecule has 2 atom stereocenters. The van der Waals surface area contributed by atoms with Crippen LogP contribution in [0, 0.1) is 5.92 Å². The van der Waals surface area contributed by atoms with Crippen molar-refractivity contribution in [3.63, 3.8) is 0 Å². The van der Waals surface area contributed by atoms with E-state index in [1.165, 1.54) is 5.56 Å². The molecule has 1 saturated heterocycles. The van der Waals surface area contributed by atoms with Gasteiger partial charge in [-0.2, -0.15) is 0 Å². The van der Waals surface area contributed by atoms with E-state index in [4.69, 9.17) is 0 Å². The molecule has 0 radical (unpaired) electrons. The lowest BCUT2D eigenvalue weighted by Gasteiger charge is -2.20. The summed E-state index contributed by atoms with van der Waals surface area (Å²) in [6.07, 6.45) is 5.28. The van der Waals surface area contributed by atoms with Crippen LogP contribution in [0.5, 0.6) is 0 Å². The molecule has 0 saturated carbocycles. The number of hydrogen-bond donors (Lipinski definition) is 1. The van der Waals surface area contributed by atoms with E-state index in [1.807, 2.05) is 12.3 Å². The van der Waals surface area contributed by atoms with Crippen molar-refractivity contribution in [3.8, 4) is 0 Å². The van der Waals surface area contributed by atoms with E-state index in [2.05, 4.69) is 30.2 Å². The zero-order chi connectivity index (χ0) is 11.5. The van der Waals surface area contributed by atoms with Crippen molar-refractivity contribution in [2.24, 2.45) is 5.92 Å². The molecule has 3 heteroatoms. The van der Waals surface area contributed by atoms with E-state index >= 15 is 0 Å². The van der Waals surface area contributed by atoms with Gasteiger partial charge in [0, 0.05) is 30.8 Å². The van der Waals surface area contributed by atoms with Crippen molar-refractivity contribution in [2.75, 3.05) is 0 Å². The van der Waals surface area contributed by atoms with Crippen LogP contribution in [0.15, 0.2) is 24.5 Å². The van der Waals surface area contributed by atoms with Crippen LogP contribution in [0.1, 0.15) is 38.2 Å². The van der Waals surface area contributed by atoms with E-state index in [1.54, 1.807) is 6.20 Å². The highest BCUT2D eigenvalue weighted by molar-refractivity contribution is 5.80. The van der Waals surface area contributed by atoms with Crippen molar-refractivity contribution in [2.45, 2.75) is 38.6 Å². The first kappa shape index (κ1) is 11.1. The van der Waals surface area contributed by atoms with Crippen LogP contribution >= 0.6 is 0 Å². The van der Waals surface area contributed by atoms with Gasteiger partial charge in [-0.1, -0.05) is 19.9 Å². The minimum Gasteiger partial charge on any atom is -0.353 e. The SMILES string of the molecule is CC(C)CC1NC(=O)CC1c1cccnc1. The Morgan fingerprint density at radius 1 is 1.56 bits per heavy atom. The van der Waals surface area contributed by atoms with Gasteiger partial charge in [0.25, 0.3) is 0 Å². The van der Waals surface area contributed by atoms with Gasteiger partial charge in [0.1, 0.15) is 0 Å². The molecule has 0 aromatic carbocycles. The van der Waals surface area contributed by atoms with Crippen molar-refractivity contribution in [1.82, 2.24) is 10.3 Å². The number of aromatic nitrogens is 1. The summed E-state index contributed by atoms with van der Waals surface area (Å²) in [6.45, 7) is 4.37. The van der Waals surface area contributed by atoms with E-state index in [-0.39, 0.29) is 11.9 Å². The molecule has 1 aliphatic heterocycles. The molecule has 1 aliphatic rings. The average Bonchev–Trinajstić information content (AvgIpc) is 2.60. The van der Waals surface area contributed by atoms with Gasteiger partial charge in [0.15, 0.2) is 0 Å². The largest absolute Gasteiger partial charge is 0.353 e. The summed E-state index contributed by atoms with van der Waals surface area (Å²) in [7, 11) is 0. The molecule has 1 aromatic heterocycles. The second kappa shape index (κ2) is 4.64. The van der Waals surface area contributed by atoms with Crippen LogP contribution < -0.4 is 5.32 Å². The number of rotatable bonds is 3. The lowest BCUT2D eigenvalue weighted by molar-refractivity contribution is -0.119. The lowest BCUT2D eigenvalue weighted by Crippen LogP contribution is -2.29. The summed E-state index contributed by atoms with van der Waals surface area (Å²) in [4.78, 5) is 15.6. The van der Waals surface area contributed by atoms with Crippen LogP contribution in [0.4, 0.5) is 0 Å². The number of nitrogens with zero attached hydrogens (tertiary/aromatic N) is 1. The number of hydrogen-bond acceptors (Lipinski definition) is 2. The normalized spacial score (nSPS) is 24.8. The number of nitrogens with one attached hydrogen (secondary N) is 1. The minimum atomic E-state index is 0.166. The second-order valence-electron chi connectivity index (χ2n) is 4.90. The minimum absolute atomic E-state index is 0.166. The molecule has 0 aliphatic carbocycles. The fourth-order valence-corrected chi connectivity index (χ4v) is 2.38. The molecule has 86 valence electrons. The monoisotopic (exact) mass is 218 g/mol. The van der Waals surface area contributed by atoms with Crippen LogP contribution in [0.2, 0.25) is 0 Å². The van der Waals surface area contributed by atoms with Gasteiger partial charge in [-0.15, -0.1) is 0 Å². The maximum atomic E-state index is 11.5. The summed E-state index contributed by atoms with van der Waals surface area (Å²) in [5.74, 6) is 1.06. The Morgan fingerprint density at radius 3 is 3.00 bits per heavy atom. The highest BCUT2D eigenvalue weighted by Crippen LogP contribution is 2.31. The maximum absolute atomic E-state index is 11.5. The fourth-order valence-electron chi connectivity index (χ4n) is 2.38. The Bertz CT molecular complexity index is 361. The Hall–Kier alpha value is -1.38. The average molecular weight is 218 g/mol. The summed E-state index contributed by atoms with van der Waals surface area (Å²) in [5, 5.41) is 3.07. The molecule has 1 amide bonds. The first-order valence-corrected chi connectivity index (χ1v) is 5.86. The van der Waals surface area contributed by atoms with Gasteiger partial charge < -0.3 is 5.32 Å². The number of carbonyl (C=O) groups excluding carboxylic acids is 1. The number of carbonyl (C=O) groups is 1. The third kappa shape index (κ3) is 2.40. The van der Waals surface area contributed by atoms with Crippen molar-refractivity contribution in [1.29, 1.82) is 0 Å². The predicted octanol–water partition coefficient (Wildman–Crippen LogP) is 2.10. The third-order valence-electron chi connectivity index (χ3n) is 3.08. The smallest absolute Gasteiger partial charge is 0.220 e. The Morgan fingerprint density at radius 2 is 2.38 bits per heavy atom. The van der Waals surface area contributed by atoms with Crippen LogP contribution in [-0.2, 0) is 4.79 Å². The van der Waals surface area contributed by atoms with Crippen LogP contribution in [-0.4, -0.2) is 16.9 Å². The summed E-state index contributed by atoms with van der Waals surface area (Å²) < 4.78 is 0. The lowest BCUT2D eigenvalue weighted by atomic mass is 9.88. The van der Waals surface area contributed by atoms with Crippen LogP contribution in [0.3, 0.4) is 0 Å². The van der Waals surface area contributed by atoms with Gasteiger partial charge in [0.05, 0.1) is 0 Å². The fraction of sp³-hybridized carbons (Fsp3) is 0.538.